The molecule has 0 aliphatic heterocycles. The van der Waals surface area contributed by atoms with Crippen LogP contribution in [0.2, 0.25) is 5.02 Å². The smallest absolute Gasteiger partial charge is 0.271 e. The Bertz CT molecular complexity index is 749. The average Bonchev–Trinajstić information content (AvgIpc) is 2.56. The molecular formula is C16H16ClN3O4. The average molecular weight is 350 g/mol. The predicted molar refractivity (Wildman–Crippen MR) is 92.8 cm³/mol. The van der Waals surface area contributed by atoms with E-state index in [0.717, 1.165) is 5.69 Å². The van der Waals surface area contributed by atoms with Gasteiger partial charge in [-0.2, -0.15) is 0 Å². The van der Waals surface area contributed by atoms with E-state index >= 15 is 0 Å². The maximum absolute atomic E-state index is 12.3. The number of carbonyl (C=O) groups is 1. The van der Waals surface area contributed by atoms with Gasteiger partial charge in [-0.25, -0.2) is 0 Å². The Morgan fingerprint density at radius 1 is 1.25 bits per heavy atom. The van der Waals surface area contributed by atoms with E-state index < -0.39 is 11.0 Å². The standard InChI is InChI=1S/C16H16ClN3O4/c1-10(18-12-5-3-11(17)4-6-12)16(21)19-14-9-13(20(22)23)7-8-15(14)24-2/h3-10,18H,1-2H3,(H,19,21)/t10-/m1/s1. The second kappa shape index (κ2) is 7.65. The molecule has 2 N–H and O–H groups in total. The van der Waals surface area contributed by atoms with Crippen LogP contribution in [0, 0.1) is 10.1 Å². The second-order valence-electron chi connectivity index (χ2n) is 5.00. The van der Waals surface area contributed by atoms with Gasteiger partial charge < -0.3 is 15.4 Å². The lowest BCUT2D eigenvalue weighted by Gasteiger charge is -2.16. The summed E-state index contributed by atoms with van der Waals surface area (Å²) >= 11 is 5.82. The fourth-order valence-corrected chi connectivity index (χ4v) is 2.14. The van der Waals surface area contributed by atoms with E-state index in [0.29, 0.717) is 10.8 Å². The normalized spacial score (nSPS) is 11.5. The molecule has 24 heavy (non-hydrogen) atoms. The number of hydrogen-bond donors (Lipinski definition) is 2. The first kappa shape index (κ1) is 17.6. The van der Waals surface area contributed by atoms with Crippen molar-refractivity contribution in [1.29, 1.82) is 0 Å². The summed E-state index contributed by atoms with van der Waals surface area (Å²) in [6.07, 6.45) is 0. The van der Waals surface area contributed by atoms with Crippen LogP contribution < -0.4 is 15.4 Å². The molecule has 0 saturated carbocycles. The summed E-state index contributed by atoms with van der Waals surface area (Å²) in [7, 11) is 1.42. The largest absolute Gasteiger partial charge is 0.495 e. The molecule has 0 bridgehead atoms. The molecule has 0 aliphatic carbocycles. The number of ether oxygens (including phenoxy) is 1. The first-order valence-corrected chi connectivity index (χ1v) is 7.44. The van der Waals surface area contributed by atoms with Crippen LogP contribution in [0.4, 0.5) is 17.1 Å². The van der Waals surface area contributed by atoms with Gasteiger partial charge in [0.25, 0.3) is 5.69 Å². The minimum Gasteiger partial charge on any atom is -0.495 e. The number of methoxy groups -OCH3 is 1. The van der Waals surface area contributed by atoms with Gasteiger partial charge in [-0.15, -0.1) is 0 Å². The van der Waals surface area contributed by atoms with Crippen molar-refractivity contribution in [2.24, 2.45) is 0 Å². The highest BCUT2D eigenvalue weighted by Gasteiger charge is 2.17. The zero-order chi connectivity index (χ0) is 17.7. The Morgan fingerprint density at radius 2 is 1.92 bits per heavy atom. The van der Waals surface area contributed by atoms with Crippen molar-refractivity contribution in [2.75, 3.05) is 17.7 Å². The molecule has 0 aromatic heterocycles. The first-order chi connectivity index (χ1) is 11.4. The highest BCUT2D eigenvalue weighted by atomic mass is 35.5. The number of nitrogens with one attached hydrogen (secondary N) is 2. The Morgan fingerprint density at radius 3 is 2.50 bits per heavy atom. The van der Waals surface area contributed by atoms with Gasteiger partial charge in [0.1, 0.15) is 11.8 Å². The topological polar surface area (TPSA) is 93.5 Å². The molecule has 0 saturated heterocycles. The summed E-state index contributed by atoms with van der Waals surface area (Å²) in [4.78, 5) is 22.6. The third-order valence-electron chi connectivity index (χ3n) is 3.27. The molecule has 126 valence electrons. The number of amides is 1. The molecule has 8 heteroatoms. The molecule has 1 amide bonds. The van der Waals surface area contributed by atoms with E-state index in [2.05, 4.69) is 10.6 Å². The van der Waals surface area contributed by atoms with Crippen molar-refractivity contribution in [1.82, 2.24) is 0 Å². The van der Waals surface area contributed by atoms with E-state index in [-0.39, 0.29) is 17.3 Å². The molecule has 0 radical (unpaired) electrons. The van der Waals surface area contributed by atoms with E-state index in [1.54, 1.807) is 31.2 Å². The Kier molecular flexibility index (Phi) is 5.59. The Hall–Kier alpha value is -2.80. The van der Waals surface area contributed by atoms with Crippen LogP contribution in [0.1, 0.15) is 6.92 Å². The number of nitro groups is 1. The SMILES string of the molecule is COc1ccc([N+](=O)[O-])cc1NC(=O)[C@@H](C)Nc1ccc(Cl)cc1. The van der Waals surface area contributed by atoms with Gasteiger partial charge in [0.2, 0.25) is 5.91 Å². The first-order valence-electron chi connectivity index (χ1n) is 7.06. The van der Waals surface area contributed by atoms with Gasteiger partial charge in [0.15, 0.2) is 0 Å². The number of nitrogens with zero attached hydrogens (tertiary/aromatic N) is 1. The minimum atomic E-state index is -0.574. The van der Waals surface area contributed by atoms with Crippen LogP contribution >= 0.6 is 11.6 Å². The molecule has 0 spiro atoms. The summed E-state index contributed by atoms with van der Waals surface area (Å²) in [5.41, 5.74) is 0.832. The third-order valence-corrected chi connectivity index (χ3v) is 3.52. The second-order valence-corrected chi connectivity index (χ2v) is 5.44. The quantitative estimate of drug-likeness (QED) is 0.612. The van der Waals surface area contributed by atoms with E-state index in [1.807, 2.05) is 0 Å². The molecule has 0 fully saturated rings. The number of nitro benzene ring substituents is 1. The van der Waals surface area contributed by atoms with Crippen LogP contribution in [-0.4, -0.2) is 24.0 Å². The summed E-state index contributed by atoms with van der Waals surface area (Å²) in [6, 6.07) is 10.3. The monoisotopic (exact) mass is 349 g/mol. The summed E-state index contributed by atoms with van der Waals surface area (Å²) in [6.45, 7) is 1.67. The van der Waals surface area contributed by atoms with E-state index in [9.17, 15) is 14.9 Å². The van der Waals surface area contributed by atoms with E-state index in [1.165, 1.54) is 25.3 Å². The lowest BCUT2D eigenvalue weighted by Crippen LogP contribution is -2.32. The molecule has 0 aliphatic rings. The number of rotatable bonds is 6. The van der Waals surface area contributed by atoms with Gasteiger partial charge in [-0.1, -0.05) is 11.6 Å². The van der Waals surface area contributed by atoms with Crippen molar-refractivity contribution >= 4 is 34.6 Å². The van der Waals surface area contributed by atoms with Crippen molar-refractivity contribution < 1.29 is 14.5 Å². The molecule has 0 heterocycles. The van der Waals surface area contributed by atoms with Gasteiger partial charge in [0, 0.05) is 22.8 Å². The zero-order valence-electron chi connectivity index (χ0n) is 13.1. The Balaban J connectivity index is 2.11. The highest BCUT2D eigenvalue weighted by Crippen LogP contribution is 2.29. The molecule has 2 aromatic carbocycles. The summed E-state index contributed by atoms with van der Waals surface area (Å²) in [5.74, 6) is -0.0172. The van der Waals surface area contributed by atoms with Crippen LogP contribution in [-0.2, 0) is 4.79 Å². The fourth-order valence-electron chi connectivity index (χ4n) is 2.01. The molecule has 2 rings (SSSR count). The predicted octanol–water partition coefficient (Wildman–Crippen LogP) is 3.70. The van der Waals surface area contributed by atoms with E-state index in [4.69, 9.17) is 16.3 Å². The van der Waals surface area contributed by atoms with Crippen molar-refractivity contribution in [3.05, 3.63) is 57.6 Å². The number of benzene rings is 2. The van der Waals surface area contributed by atoms with Crippen LogP contribution in [0.15, 0.2) is 42.5 Å². The van der Waals surface area contributed by atoms with Crippen LogP contribution in [0.5, 0.6) is 5.75 Å². The lowest BCUT2D eigenvalue weighted by atomic mass is 10.2. The summed E-state index contributed by atoms with van der Waals surface area (Å²) < 4.78 is 5.12. The lowest BCUT2D eigenvalue weighted by molar-refractivity contribution is -0.384. The van der Waals surface area contributed by atoms with Gasteiger partial charge in [-0.05, 0) is 37.3 Å². The van der Waals surface area contributed by atoms with Crippen molar-refractivity contribution in [3.8, 4) is 5.75 Å². The Labute approximate surface area is 143 Å². The van der Waals surface area contributed by atoms with Gasteiger partial charge >= 0.3 is 0 Å². The van der Waals surface area contributed by atoms with Gasteiger partial charge in [0.05, 0.1) is 17.7 Å². The number of carbonyl (C=O) groups excluding carboxylic acids is 1. The molecule has 1 atom stereocenters. The number of hydrogen-bond acceptors (Lipinski definition) is 5. The maximum atomic E-state index is 12.3. The summed E-state index contributed by atoms with van der Waals surface area (Å²) in [5, 5.41) is 17.1. The van der Waals surface area contributed by atoms with Crippen LogP contribution in [0.25, 0.3) is 0 Å². The minimum absolute atomic E-state index is 0.135. The van der Waals surface area contributed by atoms with Crippen molar-refractivity contribution in [3.63, 3.8) is 0 Å². The number of anilines is 2. The zero-order valence-corrected chi connectivity index (χ0v) is 13.8. The highest BCUT2D eigenvalue weighted by molar-refractivity contribution is 6.30. The maximum Gasteiger partial charge on any atom is 0.271 e. The van der Waals surface area contributed by atoms with Crippen molar-refractivity contribution in [2.45, 2.75) is 13.0 Å². The third kappa shape index (κ3) is 4.36. The van der Waals surface area contributed by atoms with Crippen LogP contribution in [0.3, 0.4) is 0 Å². The molecular weight excluding hydrogens is 334 g/mol. The van der Waals surface area contributed by atoms with Gasteiger partial charge in [-0.3, -0.25) is 14.9 Å². The fraction of sp³-hybridized carbons (Fsp3) is 0.188. The number of non-ortho nitro benzene ring substituents is 1. The molecule has 2 aromatic rings. The number of halogens is 1. The molecule has 0 unspecified atom stereocenters. The molecule has 7 nitrogen and oxygen atoms in total.